The summed E-state index contributed by atoms with van der Waals surface area (Å²) in [5.41, 5.74) is 7.88. The predicted molar refractivity (Wildman–Crippen MR) is 64.9 cm³/mol. The maximum atomic E-state index is 5.71. The third kappa shape index (κ3) is 2.33. The highest BCUT2D eigenvalue weighted by atomic mass is 14.9. The number of nitrogens with one attached hydrogen (secondary N) is 2. The van der Waals surface area contributed by atoms with E-state index in [0.29, 0.717) is 6.54 Å². The molecule has 2 aromatic rings. The van der Waals surface area contributed by atoms with Crippen molar-refractivity contribution in [3.8, 4) is 11.4 Å². The van der Waals surface area contributed by atoms with E-state index >= 15 is 0 Å². The van der Waals surface area contributed by atoms with Crippen LogP contribution in [0.5, 0.6) is 0 Å². The van der Waals surface area contributed by atoms with E-state index in [0.717, 1.165) is 23.6 Å². The number of aromatic amines is 2. The second-order valence-corrected chi connectivity index (χ2v) is 4.87. The molecule has 86 valence electrons. The molecule has 4 heteroatoms. The van der Waals surface area contributed by atoms with Crippen LogP contribution in [0.1, 0.15) is 19.7 Å². The first kappa shape index (κ1) is 11.0. The van der Waals surface area contributed by atoms with Crippen molar-refractivity contribution in [2.24, 2.45) is 11.1 Å². The van der Waals surface area contributed by atoms with Crippen molar-refractivity contribution < 1.29 is 0 Å². The van der Waals surface area contributed by atoms with Crippen molar-refractivity contribution in [2.45, 2.75) is 20.3 Å². The monoisotopic (exact) mass is 218 g/mol. The zero-order chi connectivity index (χ0) is 11.6. The number of aromatic nitrogens is 3. The lowest BCUT2D eigenvalue weighted by Gasteiger charge is -2.20. The van der Waals surface area contributed by atoms with Crippen molar-refractivity contribution in [1.29, 1.82) is 0 Å². The molecule has 0 saturated carbocycles. The molecule has 0 bridgehead atoms. The van der Waals surface area contributed by atoms with Gasteiger partial charge in [-0.05, 0) is 24.1 Å². The van der Waals surface area contributed by atoms with Crippen LogP contribution in [-0.2, 0) is 6.42 Å². The number of rotatable bonds is 4. The van der Waals surface area contributed by atoms with E-state index in [9.17, 15) is 0 Å². The van der Waals surface area contributed by atoms with Crippen LogP contribution in [0.25, 0.3) is 11.4 Å². The molecule has 0 spiro atoms. The Kier molecular flexibility index (Phi) is 2.83. The van der Waals surface area contributed by atoms with Crippen LogP contribution in [0.3, 0.4) is 0 Å². The average molecular weight is 218 g/mol. The highest BCUT2D eigenvalue weighted by Crippen LogP contribution is 2.20. The molecule has 2 heterocycles. The van der Waals surface area contributed by atoms with E-state index < -0.39 is 0 Å². The molecule has 0 unspecified atom stereocenters. The molecular formula is C12H18N4. The molecule has 0 aromatic carbocycles. The molecule has 0 aliphatic heterocycles. The fourth-order valence-electron chi connectivity index (χ4n) is 1.61. The Bertz CT molecular complexity index is 439. The molecule has 2 aromatic heterocycles. The minimum atomic E-state index is 0.0882. The largest absolute Gasteiger partial charge is 0.360 e. The van der Waals surface area contributed by atoms with Gasteiger partial charge in [0.15, 0.2) is 0 Å². The summed E-state index contributed by atoms with van der Waals surface area (Å²) in [6.45, 7) is 4.94. The Morgan fingerprint density at radius 3 is 2.81 bits per heavy atom. The lowest BCUT2D eigenvalue weighted by atomic mass is 9.89. The summed E-state index contributed by atoms with van der Waals surface area (Å²) in [7, 11) is 0. The van der Waals surface area contributed by atoms with Gasteiger partial charge in [-0.1, -0.05) is 13.8 Å². The van der Waals surface area contributed by atoms with Crippen LogP contribution in [0.4, 0.5) is 0 Å². The summed E-state index contributed by atoms with van der Waals surface area (Å²) in [4.78, 5) is 10.8. The first-order valence-corrected chi connectivity index (χ1v) is 5.48. The molecule has 0 saturated heterocycles. The first-order chi connectivity index (χ1) is 7.61. The van der Waals surface area contributed by atoms with Crippen molar-refractivity contribution in [1.82, 2.24) is 15.0 Å². The number of H-pyrrole nitrogens is 2. The Balaban J connectivity index is 2.14. The Labute approximate surface area is 95.3 Å². The highest BCUT2D eigenvalue weighted by molar-refractivity contribution is 5.53. The highest BCUT2D eigenvalue weighted by Gasteiger charge is 2.18. The van der Waals surface area contributed by atoms with Gasteiger partial charge < -0.3 is 15.7 Å². The van der Waals surface area contributed by atoms with Gasteiger partial charge in [-0.15, -0.1) is 0 Å². The number of imidazole rings is 1. The molecule has 0 fully saturated rings. The minimum Gasteiger partial charge on any atom is -0.360 e. The lowest BCUT2D eigenvalue weighted by molar-refractivity contribution is 0.369. The van der Waals surface area contributed by atoms with Crippen molar-refractivity contribution in [3.05, 3.63) is 30.4 Å². The molecule has 2 rings (SSSR count). The van der Waals surface area contributed by atoms with Gasteiger partial charge in [-0.25, -0.2) is 4.98 Å². The Hall–Kier alpha value is -1.55. The van der Waals surface area contributed by atoms with Gasteiger partial charge in [0.1, 0.15) is 5.82 Å². The van der Waals surface area contributed by atoms with E-state index in [-0.39, 0.29) is 5.41 Å². The third-order valence-electron chi connectivity index (χ3n) is 2.72. The normalized spacial score (nSPS) is 11.9. The van der Waals surface area contributed by atoms with E-state index in [1.165, 1.54) is 0 Å². The van der Waals surface area contributed by atoms with Crippen molar-refractivity contribution in [2.75, 3.05) is 6.54 Å². The summed E-state index contributed by atoms with van der Waals surface area (Å²) >= 11 is 0. The van der Waals surface area contributed by atoms with Crippen LogP contribution in [-0.4, -0.2) is 21.5 Å². The SMILES string of the molecule is CC(C)(CN)Cc1ncc(-c2ccc[nH]2)[nH]1. The summed E-state index contributed by atoms with van der Waals surface area (Å²) in [5.74, 6) is 0.986. The maximum Gasteiger partial charge on any atom is 0.107 e. The van der Waals surface area contributed by atoms with Crippen LogP contribution < -0.4 is 5.73 Å². The van der Waals surface area contributed by atoms with E-state index in [2.05, 4.69) is 28.8 Å². The molecule has 16 heavy (non-hydrogen) atoms. The summed E-state index contributed by atoms with van der Waals surface area (Å²) in [6.07, 6.45) is 4.62. The minimum absolute atomic E-state index is 0.0882. The summed E-state index contributed by atoms with van der Waals surface area (Å²) in [6, 6.07) is 3.99. The van der Waals surface area contributed by atoms with Crippen LogP contribution in [0.15, 0.2) is 24.5 Å². The molecule has 4 nitrogen and oxygen atoms in total. The molecular weight excluding hydrogens is 200 g/mol. The van der Waals surface area contributed by atoms with Gasteiger partial charge in [-0.3, -0.25) is 0 Å². The quantitative estimate of drug-likeness (QED) is 0.733. The number of hydrogen-bond donors (Lipinski definition) is 3. The Morgan fingerprint density at radius 2 is 2.19 bits per heavy atom. The average Bonchev–Trinajstić information content (AvgIpc) is 2.86. The standard InChI is InChI=1S/C12H18N4/c1-12(2,8-13)6-11-15-7-10(16-11)9-4-3-5-14-9/h3-5,7,14H,6,8,13H2,1-2H3,(H,15,16). The topological polar surface area (TPSA) is 70.5 Å². The molecule has 0 atom stereocenters. The first-order valence-electron chi connectivity index (χ1n) is 5.48. The van der Waals surface area contributed by atoms with Crippen molar-refractivity contribution >= 4 is 0 Å². The number of nitrogens with two attached hydrogens (primary N) is 1. The molecule has 0 aliphatic rings. The fourth-order valence-corrected chi connectivity index (χ4v) is 1.61. The Morgan fingerprint density at radius 1 is 1.38 bits per heavy atom. The maximum absolute atomic E-state index is 5.71. The predicted octanol–water partition coefficient (Wildman–Crippen LogP) is 1.93. The molecule has 4 N–H and O–H groups in total. The van der Waals surface area contributed by atoms with Gasteiger partial charge >= 0.3 is 0 Å². The van der Waals surface area contributed by atoms with Gasteiger partial charge in [0.2, 0.25) is 0 Å². The lowest BCUT2D eigenvalue weighted by Crippen LogP contribution is -2.26. The number of hydrogen-bond acceptors (Lipinski definition) is 2. The van der Waals surface area contributed by atoms with E-state index in [1.807, 2.05) is 24.5 Å². The van der Waals surface area contributed by atoms with Crippen molar-refractivity contribution in [3.63, 3.8) is 0 Å². The third-order valence-corrected chi connectivity index (χ3v) is 2.72. The summed E-state index contributed by atoms with van der Waals surface area (Å²) in [5, 5.41) is 0. The van der Waals surface area contributed by atoms with Crippen LogP contribution in [0.2, 0.25) is 0 Å². The smallest absolute Gasteiger partial charge is 0.107 e. The fraction of sp³-hybridized carbons (Fsp3) is 0.417. The van der Waals surface area contributed by atoms with Gasteiger partial charge in [0.05, 0.1) is 17.6 Å². The molecule has 0 aliphatic carbocycles. The van der Waals surface area contributed by atoms with Crippen LogP contribution in [0, 0.1) is 5.41 Å². The zero-order valence-electron chi connectivity index (χ0n) is 9.75. The number of nitrogens with zero attached hydrogens (tertiary/aromatic N) is 1. The van der Waals surface area contributed by atoms with Gasteiger partial charge in [0.25, 0.3) is 0 Å². The summed E-state index contributed by atoms with van der Waals surface area (Å²) < 4.78 is 0. The second kappa shape index (κ2) is 4.14. The van der Waals surface area contributed by atoms with Gasteiger partial charge in [0, 0.05) is 12.6 Å². The van der Waals surface area contributed by atoms with E-state index in [4.69, 9.17) is 5.73 Å². The molecule has 0 radical (unpaired) electrons. The van der Waals surface area contributed by atoms with E-state index in [1.54, 1.807) is 0 Å². The van der Waals surface area contributed by atoms with Gasteiger partial charge in [-0.2, -0.15) is 0 Å². The molecule has 0 amide bonds. The zero-order valence-corrected chi connectivity index (χ0v) is 9.75. The second-order valence-electron chi connectivity index (χ2n) is 4.87. The van der Waals surface area contributed by atoms with Crippen LogP contribution >= 0.6 is 0 Å².